The van der Waals surface area contributed by atoms with Gasteiger partial charge in [-0.1, -0.05) is 33.6 Å². The molecular weight excluding hydrogens is 264 g/mol. The molecule has 1 amide bonds. The second kappa shape index (κ2) is 7.07. The van der Waals surface area contributed by atoms with Gasteiger partial charge in [0.25, 0.3) is 0 Å². The molecule has 0 aliphatic heterocycles. The molecular formula is C16H28N4O. The normalized spacial score (nSPS) is 17.3. The van der Waals surface area contributed by atoms with E-state index in [0.29, 0.717) is 0 Å². The van der Waals surface area contributed by atoms with Gasteiger partial charge in [0, 0.05) is 18.2 Å². The third-order valence-electron chi connectivity index (χ3n) is 4.69. The molecule has 0 radical (unpaired) electrons. The molecule has 5 heteroatoms. The van der Waals surface area contributed by atoms with Crippen LogP contribution in [0.5, 0.6) is 0 Å². The highest BCUT2D eigenvalue weighted by molar-refractivity contribution is 5.95. The van der Waals surface area contributed by atoms with Crippen molar-refractivity contribution < 1.29 is 4.79 Å². The van der Waals surface area contributed by atoms with Gasteiger partial charge >= 0.3 is 0 Å². The van der Waals surface area contributed by atoms with Gasteiger partial charge in [0.1, 0.15) is 0 Å². The summed E-state index contributed by atoms with van der Waals surface area (Å²) in [4.78, 5) is 14.7. The number of hydrogen-bond donors (Lipinski definition) is 1. The lowest BCUT2D eigenvalue weighted by molar-refractivity contribution is -0.124. The van der Waals surface area contributed by atoms with Crippen LogP contribution in [0.4, 0.5) is 5.69 Å². The summed E-state index contributed by atoms with van der Waals surface area (Å²) in [6.07, 6.45) is 7.99. The average molecular weight is 292 g/mol. The first-order chi connectivity index (χ1) is 10.1. The van der Waals surface area contributed by atoms with Crippen LogP contribution >= 0.6 is 0 Å². The van der Waals surface area contributed by atoms with E-state index < -0.39 is 0 Å². The fraction of sp³-hybridized carbons (Fsp3) is 0.750. The predicted molar refractivity (Wildman–Crippen MR) is 85.2 cm³/mol. The molecule has 1 N–H and O–H groups in total. The van der Waals surface area contributed by atoms with Crippen LogP contribution < -0.4 is 5.32 Å². The molecule has 1 aliphatic carbocycles. The van der Waals surface area contributed by atoms with Gasteiger partial charge in [-0.3, -0.25) is 9.48 Å². The summed E-state index contributed by atoms with van der Waals surface area (Å²) >= 11 is 0. The first kappa shape index (κ1) is 16.0. The molecule has 1 fully saturated rings. The van der Waals surface area contributed by atoms with E-state index in [1.807, 2.05) is 10.9 Å². The monoisotopic (exact) mass is 292 g/mol. The first-order valence-electron chi connectivity index (χ1n) is 8.13. The Morgan fingerprint density at radius 3 is 2.67 bits per heavy atom. The van der Waals surface area contributed by atoms with Gasteiger partial charge in [-0.2, -0.15) is 5.10 Å². The van der Waals surface area contributed by atoms with Gasteiger partial charge in [-0.15, -0.1) is 0 Å². The Hall–Kier alpha value is -1.36. The molecule has 2 rings (SSSR count). The van der Waals surface area contributed by atoms with Crippen LogP contribution in [0.1, 0.15) is 46.5 Å². The Bertz CT molecular complexity index is 459. The number of nitrogens with zero attached hydrogens (tertiary/aromatic N) is 3. The van der Waals surface area contributed by atoms with Gasteiger partial charge in [-0.05, 0) is 25.9 Å². The molecule has 118 valence electrons. The molecule has 0 unspecified atom stereocenters. The Labute approximate surface area is 127 Å². The fourth-order valence-electron chi connectivity index (χ4n) is 3.00. The molecule has 21 heavy (non-hydrogen) atoms. The number of carbonyl (C=O) groups excluding carboxylic acids is 1. The summed E-state index contributed by atoms with van der Waals surface area (Å²) in [6, 6.07) is 0. The summed E-state index contributed by atoms with van der Waals surface area (Å²) in [5.41, 5.74) is 0.622. The minimum absolute atomic E-state index is 0.142. The topological polar surface area (TPSA) is 50.2 Å². The zero-order valence-electron chi connectivity index (χ0n) is 13.6. The van der Waals surface area contributed by atoms with E-state index in [0.717, 1.165) is 57.5 Å². The summed E-state index contributed by atoms with van der Waals surface area (Å²) in [5.74, 6) is 0.142. The number of rotatable bonds is 7. The highest BCUT2D eigenvalue weighted by Crippen LogP contribution is 2.38. The second-order valence-corrected chi connectivity index (χ2v) is 6.24. The molecule has 1 heterocycles. The highest BCUT2D eigenvalue weighted by Gasteiger charge is 2.36. The number of nitrogens with one attached hydrogen (secondary N) is 1. The van der Waals surface area contributed by atoms with E-state index in [1.165, 1.54) is 0 Å². The van der Waals surface area contributed by atoms with E-state index in [-0.39, 0.29) is 11.3 Å². The Balaban J connectivity index is 1.86. The zero-order valence-corrected chi connectivity index (χ0v) is 13.6. The van der Waals surface area contributed by atoms with Crippen LogP contribution in [-0.4, -0.2) is 40.2 Å². The Kier molecular flexibility index (Phi) is 5.39. The molecule has 0 spiro atoms. The van der Waals surface area contributed by atoms with Crippen molar-refractivity contribution in [3.63, 3.8) is 0 Å². The minimum Gasteiger partial charge on any atom is -0.323 e. The summed E-state index contributed by atoms with van der Waals surface area (Å²) in [5, 5.41) is 7.36. The summed E-state index contributed by atoms with van der Waals surface area (Å²) < 4.78 is 1.91. The predicted octanol–water partition coefficient (Wildman–Crippen LogP) is 2.74. The van der Waals surface area contributed by atoms with Gasteiger partial charge in [0.05, 0.1) is 18.4 Å². The number of aromatic nitrogens is 2. The van der Waals surface area contributed by atoms with Crippen molar-refractivity contribution >= 4 is 11.6 Å². The van der Waals surface area contributed by atoms with Crippen LogP contribution in [-0.2, 0) is 11.3 Å². The minimum atomic E-state index is -0.191. The molecule has 0 bridgehead atoms. The SMILES string of the molecule is CCN(CC)CCn1cc(NC(=O)C2(C)CCCC2)cn1. The van der Waals surface area contributed by atoms with Crippen LogP contribution in [0.15, 0.2) is 12.4 Å². The van der Waals surface area contributed by atoms with E-state index in [4.69, 9.17) is 0 Å². The molecule has 5 nitrogen and oxygen atoms in total. The van der Waals surface area contributed by atoms with Crippen molar-refractivity contribution in [1.82, 2.24) is 14.7 Å². The average Bonchev–Trinajstić information content (AvgIpc) is 3.10. The number of hydrogen-bond acceptors (Lipinski definition) is 3. The largest absolute Gasteiger partial charge is 0.323 e. The summed E-state index contributed by atoms with van der Waals surface area (Å²) in [6.45, 7) is 10.4. The summed E-state index contributed by atoms with van der Waals surface area (Å²) in [7, 11) is 0. The van der Waals surface area contributed by atoms with Crippen molar-refractivity contribution in [3.05, 3.63) is 12.4 Å². The highest BCUT2D eigenvalue weighted by atomic mass is 16.2. The molecule has 0 aromatic carbocycles. The van der Waals surface area contributed by atoms with Crippen LogP contribution in [0, 0.1) is 5.41 Å². The van der Waals surface area contributed by atoms with Crippen LogP contribution in [0.3, 0.4) is 0 Å². The maximum absolute atomic E-state index is 12.3. The maximum atomic E-state index is 12.3. The maximum Gasteiger partial charge on any atom is 0.230 e. The Morgan fingerprint density at radius 2 is 2.05 bits per heavy atom. The zero-order chi connectivity index (χ0) is 15.3. The number of anilines is 1. The van der Waals surface area contributed by atoms with Crippen LogP contribution in [0.25, 0.3) is 0 Å². The third-order valence-corrected chi connectivity index (χ3v) is 4.69. The number of likely N-dealkylation sites (N-methyl/N-ethyl adjacent to an activating group) is 1. The molecule has 0 saturated heterocycles. The molecule has 1 saturated carbocycles. The van der Waals surface area contributed by atoms with Crippen molar-refractivity contribution in [2.75, 3.05) is 25.0 Å². The van der Waals surface area contributed by atoms with Crippen molar-refractivity contribution in [3.8, 4) is 0 Å². The lowest BCUT2D eigenvalue weighted by Gasteiger charge is -2.21. The van der Waals surface area contributed by atoms with E-state index in [2.05, 4.69) is 36.1 Å². The van der Waals surface area contributed by atoms with Crippen LogP contribution in [0.2, 0.25) is 0 Å². The Morgan fingerprint density at radius 1 is 1.38 bits per heavy atom. The van der Waals surface area contributed by atoms with Gasteiger partial charge in [0.2, 0.25) is 5.91 Å². The lowest BCUT2D eigenvalue weighted by atomic mass is 9.88. The van der Waals surface area contributed by atoms with E-state index >= 15 is 0 Å². The van der Waals surface area contributed by atoms with E-state index in [1.54, 1.807) is 6.20 Å². The fourth-order valence-corrected chi connectivity index (χ4v) is 3.00. The number of carbonyl (C=O) groups is 1. The molecule has 1 aromatic heterocycles. The van der Waals surface area contributed by atoms with Crippen molar-refractivity contribution in [1.29, 1.82) is 0 Å². The standard InChI is InChI=1S/C16H28N4O/c1-4-19(5-2)10-11-20-13-14(12-17-20)18-15(21)16(3)8-6-7-9-16/h12-13H,4-11H2,1-3H3,(H,18,21). The third kappa shape index (κ3) is 4.06. The first-order valence-corrected chi connectivity index (χ1v) is 8.13. The molecule has 1 aliphatic rings. The van der Waals surface area contributed by atoms with Gasteiger partial charge in [0.15, 0.2) is 0 Å². The van der Waals surface area contributed by atoms with Crippen molar-refractivity contribution in [2.45, 2.75) is 53.0 Å². The quantitative estimate of drug-likeness (QED) is 0.840. The smallest absolute Gasteiger partial charge is 0.230 e. The van der Waals surface area contributed by atoms with Crippen molar-refractivity contribution in [2.24, 2.45) is 5.41 Å². The number of amides is 1. The van der Waals surface area contributed by atoms with Gasteiger partial charge < -0.3 is 10.2 Å². The molecule has 0 atom stereocenters. The molecule has 1 aromatic rings. The second-order valence-electron chi connectivity index (χ2n) is 6.24. The lowest BCUT2D eigenvalue weighted by Crippen LogP contribution is -2.30. The van der Waals surface area contributed by atoms with Gasteiger partial charge in [-0.25, -0.2) is 0 Å². The van der Waals surface area contributed by atoms with E-state index in [9.17, 15) is 4.79 Å².